The summed E-state index contributed by atoms with van der Waals surface area (Å²) in [5.41, 5.74) is 1.08. The number of halogens is 1. The average molecular weight is 632 g/mol. The number of carbonyl (C=O) groups is 2. The van der Waals surface area contributed by atoms with Crippen LogP contribution in [0.15, 0.2) is 56.4 Å². The highest BCUT2D eigenvalue weighted by molar-refractivity contribution is 9.10. The van der Waals surface area contributed by atoms with Gasteiger partial charge < -0.3 is 23.7 Å². The van der Waals surface area contributed by atoms with Crippen LogP contribution in [0, 0.1) is 0 Å². The summed E-state index contributed by atoms with van der Waals surface area (Å²) in [6.45, 7) is 5.88. The lowest BCUT2D eigenvalue weighted by Gasteiger charge is -2.23. The van der Waals surface area contributed by atoms with E-state index in [1.807, 2.05) is 13.8 Å². The molecular formula is C28H27BrN2O8S. The highest BCUT2D eigenvalue weighted by Gasteiger charge is 2.31. The molecular weight excluding hydrogens is 604 g/mol. The number of ether oxygens (including phenoxy) is 5. The monoisotopic (exact) mass is 630 g/mol. The van der Waals surface area contributed by atoms with Gasteiger partial charge in [0.2, 0.25) is 0 Å². The number of hydrogen-bond acceptors (Lipinski definition) is 10. The Hall–Kier alpha value is -3.90. The van der Waals surface area contributed by atoms with Gasteiger partial charge in [0.25, 0.3) is 5.56 Å². The van der Waals surface area contributed by atoms with E-state index in [2.05, 4.69) is 20.9 Å². The van der Waals surface area contributed by atoms with E-state index in [1.54, 1.807) is 36.4 Å². The Kier molecular flexibility index (Phi) is 9.10. The first-order valence-electron chi connectivity index (χ1n) is 12.3. The lowest BCUT2D eigenvalue weighted by molar-refractivity contribution is -0.136. The maximum atomic E-state index is 13.8. The molecule has 40 heavy (non-hydrogen) atoms. The molecule has 0 fully saturated rings. The minimum atomic E-state index is -0.815. The summed E-state index contributed by atoms with van der Waals surface area (Å²) in [5.74, 6) is 0.511. The second-order valence-electron chi connectivity index (χ2n) is 8.37. The highest BCUT2D eigenvalue weighted by atomic mass is 79.9. The van der Waals surface area contributed by atoms with Crippen LogP contribution in [0.2, 0.25) is 0 Å². The number of aromatic nitrogens is 1. The lowest BCUT2D eigenvalue weighted by atomic mass is 9.97. The van der Waals surface area contributed by atoms with Crippen molar-refractivity contribution in [1.29, 1.82) is 0 Å². The lowest BCUT2D eigenvalue weighted by Crippen LogP contribution is -2.39. The van der Waals surface area contributed by atoms with Crippen LogP contribution in [0.4, 0.5) is 0 Å². The third kappa shape index (κ3) is 5.82. The minimum Gasteiger partial charge on any atom is -0.493 e. The summed E-state index contributed by atoms with van der Waals surface area (Å²) in [6, 6.07) is 7.73. The summed E-state index contributed by atoms with van der Waals surface area (Å²) < 4.78 is 29.5. The maximum Gasteiger partial charge on any atom is 0.337 e. The fraction of sp³-hybridized carbons (Fsp3) is 0.286. The molecule has 1 aliphatic rings. The number of esters is 2. The molecule has 2 heterocycles. The van der Waals surface area contributed by atoms with Crippen LogP contribution in [0.5, 0.6) is 23.0 Å². The minimum absolute atomic E-state index is 0.196. The molecule has 0 amide bonds. The van der Waals surface area contributed by atoms with Crippen molar-refractivity contribution in [2.75, 3.05) is 27.4 Å². The normalized spacial score (nSPS) is 14.5. The van der Waals surface area contributed by atoms with Gasteiger partial charge in [-0.2, -0.15) is 0 Å². The van der Waals surface area contributed by atoms with Gasteiger partial charge in [0.1, 0.15) is 0 Å². The van der Waals surface area contributed by atoms with E-state index < -0.39 is 18.0 Å². The zero-order valence-electron chi connectivity index (χ0n) is 22.5. The molecule has 2 aromatic carbocycles. The number of thiazole rings is 1. The molecule has 3 aromatic rings. The van der Waals surface area contributed by atoms with Gasteiger partial charge in [0.05, 0.1) is 43.6 Å². The van der Waals surface area contributed by atoms with Crippen molar-refractivity contribution in [2.24, 2.45) is 4.99 Å². The van der Waals surface area contributed by atoms with Crippen molar-refractivity contribution in [1.82, 2.24) is 4.57 Å². The van der Waals surface area contributed by atoms with E-state index in [0.717, 1.165) is 0 Å². The van der Waals surface area contributed by atoms with Crippen LogP contribution < -0.4 is 33.8 Å². The van der Waals surface area contributed by atoms with E-state index >= 15 is 0 Å². The van der Waals surface area contributed by atoms with Crippen molar-refractivity contribution in [3.63, 3.8) is 0 Å². The SMILES string of the molecule is CCOc1ccc([C@@H]2C(C(=O)OC)=CN=c3s/c(=C\c4cc(OC)c(OC(C)=O)cc4Br)c(=O)n32)cc1OCC. The van der Waals surface area contributed by atoms with Gasteiger partial charge in [0.15, 0.2) is 27.8 Å². The molecule has 0 bridgehead atoms. The summed E-state index contributed by atoms with van der Waals surface area (Å²) in [5, 5.41) is 0. The topological polar surface area (TPSA) is 115 Å². The molecule has 1 aromatic heterocycles. The molecule has 210 valence electrons. The van der Waals surface area contributed by atoms with Crippen molar-refractivity contribution in [2.45, 2.75) is 26.8 Å². The number of fused-ring (bicyclic) bond motifs is 1. The molecule has 0 spiro atoms. The fourth-order valence-electron chi connectivity index (χ4n) is 4.18. The van der Waals surface area contributed by atoms with Crippen LogP contribution in [-0.2, 0) is 14.3 Å². The molecule has 1 atom stereocenters. The molecule has 0 aliphatic carbocycles. The molecule has 0 N–H and O–H groups in total. The Bertz CT molecular complexity index is 1670. The third-order valence-electron chi connectivity index (χ3n) is 5.83. The maximum absolute atomic E-state index is 13.8. The van der Waals surface area contributed by atoms with Gasteiger partial charge in [-0.3, -0.25) is 14.2 Å². The summed E-state index contributed by atoms with van der Waals surface area (Å²) >= 11 is 4.65. The van der Waals surface area contributed by atoms with Crippen LogP contribution in [0.3, 0.4) is 0 Å². The standard InChI is InChI=1S/C28H27BrN2O8S/c1-6-37-20-9-8-16(10-22(20)38-7-2)25-18(27(34)36-5)14-30-28-31(25)26(33)24(40-28)12-17-11-21(35-4)23(13-19(17)29)39-15(3)32/h8-14,25H,6-7H2,1-5H3/b24-12-/t25-/m1/s1. The first-order valence-corrected chi connectivity index (χ1v) is 13.9. The summed E-state index contributed by atoms with van der Waals surface area (Å²) in [4.78, 5) is 42.9. The van der Waals surface area contributed by atoms with Crippen LogP contribution in [0.1, 0.15) is 37.9 Å². The Morgan fingerprint density at radius 2 is 1.77 bits per heavy atom. The number of rotatable bonds is 9. The third-order valence-corrected chi connectivity index (χ3v) is 7.52. The van der Waals surface area contributed by atoms with E-state index in [9.17, 15) is 14.4 Å². The Balaban J connectivity index is 1.90. The molecule has 0 unspecified atom stereocenters. The number of hydrogen-bond donors (Lipinski definition) is 0. The van der Waals surface area contributed by atoms with Crippen LogP contribution in [-0.4, -0.2) is 43.9 Å². The van der Waals surface area contributed by atoms with Crippen LogP contribution >= 0.6 is 27.3 Å². The van der Waals surface area contributed by atoms with Gasteiger partial charge >= 0.3 is 11.9 Å². The van der Waals surface area contributed by atoms with Gasteiger partial charge in [-0.1, -0.05) is 33.3 Å². The van der Waals surface area contributed by atoms with E-state index in [1.165, 1.54) is 43.2 Å². The van der Waals surface area contributed by atoms with E-state index in [-0.39, 0.29) is 16.9 Å². The van der Waals surface area contributed by atoms with Crippen molar-refractivity contribution in [3.05, 3.63) is 77.4 Å². The molecule has 0 radical (unpaired) electrons. The second-order valence-corrected chi connectivity index (χ2v) is 10.2. The predicted octanol–water partition coefficient (Wildman–Crippen LogP) is 3.51. The molecule has 12 heteroatoms. The molecule has 1 aliphatic heterocycles. The van der Waals surface area contributed by atoms with Crippen molar-refractivity contribution < 1.29 is 33.3 Å². The fourth-order valence-corrected chi connectivity index (χ4v) is 5.58. The number of methoxy groups -OCH3 is 2. The van der Waals surface area contributed by atoms with E-state index in [4.69, 9.17) is 23.7 Å². The Morgan fingerprint density at radius 1 is 1.05 bits per heavy atom. The summed E-state index contributed by atoms with van der Waals surface area (Å²) in [7, 11) is 2.73. The zero-order valence-corrected chi connectivity index (χ0v) is 24.9. The summed E-state index contributed by atoms with van der Waals surface area (Å²) in [6.07, 6.45) is 3.10. The quantitative estimate of drug-likeness (QED) is 0.261. The first-order chi connectivity index (χ1) is 19.2. The van der Waals surface area contributed by atoms with Gasteiger partial charge in [-0.15, -0.1) is 0 Å². The largest absolute Gasteiger partial charge is 0.493 e. The first kappa shape index (κ1) is 29.1. The molecule has 4 rings (SSSR count). The number of benzene rings is 2. The van der Waals surface area contributed by atoms with Gasteiger partial charge in [-0.05, 0) is 55.3 Å². The van der Waals surface area contributed by atoms with E-state index in [0.29, 0.717) is 55.4 Å². The Labute approximate surface area is 242 Å². The molecule has 10 nitrogen and oxygen atoms in total. The van der Waals surface area contributed by atoms with Crippen molar-refractivity contribution in [3.8, 4) is 23.0 Å². The average Bonchev–Trinajstić information content (AvgIpc) is 3.25. The van der Waals surface area contributed by atoms with Crippen LogP contribution in [0.25, 0.3) is 6.08 Å². The van der Waals surface area contributed by atoms with Gasteiger partial charge in [0, 0.05) is 17.6 Å². The second kappa shape index (κ2) is 12.5. The van der Waals surface area contributed by atoms with Crippen molar-refractivity contribution >= 4 is 45.3 Å². The number of carbonyl (C=O) groups excluding carboxylic acids is 2. The highest BCUT2D eigenvalue weighted by Crippen LogP contribution is 2.36. The molecule has 0 saturated carbocycles. The zero-order chi connectivity index (χ0) is 29.0. The predicted molar refractivity (Wildman–Crippen MR) is 152 cm³/mol. The number of nitrogens with zero attached hydrogens (tertiary/aromatic N) is 2. The smallest absolute Gasteiger partial charge is 0.337 e. The van der Waals surface area contributed by atoms with Gasteiger partial charge in [-0.25, -0.2) is 9.79 Å². The Morgan fingerprint density at radius 3 is 2.42 bits per heavy atom. The molecule has 0 saturated heterocycles.